The number of carbonyl (C=O) groups is 1. The lowest BCUT2D eigenvalue weighted by Crippen LogP contribution is -2.27. The van der Waals surface area contributed by atoms with E-state index in [1.54, 1.807) is 24.3 Å². The summed E-state index contributed by atoms with van der Waals surface area (Å²) in [7, 11) is 0. The van der Waals surface area contributed by atoms with Crippen LogP contribution in [0.25, 0.3) is 0 Å². The minimum Gasteiger partial charge on any atom is -0.484 e. The van der Waals surface area contributed by atoms with Crippen molar-refractivity contribution >= 4 is 17.3 Å². The average molecular weight is 613 g/mol. The van der Waals surface area contributed by atoms with Crippen molar-refractivity contribution in [2.75, 3.05) is 18.9 Å². The van der Waals surface area contributed by atoms with Gasteiger partial charge in [0, 0.05) is 23.6 Å². The number of nitrogens with zero attached hydrogens (tertiary/aromatic N) is 1. The standard InChI is InChI=1S/C35H52N2O7/c1-4-6-8-10-11-12-13-15-17-27-24-41-35(42-25-27)28-18-20-29(21-19-28)44-34(38)30-22-32(37(39)40)33(23-31(30)36)43-26(3)16-14-9-7-5-2/h18-23,26-27,35H,4-17,24-25,36H2,1-3H3/t26-,27?,35?/m1/s1. The van der Waals surface area contributed by atoms with Gasteiger partial charge in [-0.1, -0.05) is 96.6 Å². The number of nitrogens with two attached hydrogens (primary N) is 1. The highest BCUT2D eigenvalue weighted by molar-refractivity contribution is 5.97. The number of ether oxygens (including phenoxy) is 4. The molecule has 0 bridgehead atoms. The minimum absolute atomic E-state index is 0.0453. The molecular weight excluding hydrogens is 560 g/mol. The van der Waals surface area contributed by atoms with Crippen LogP contribution in [0.1, 0.15) is 133 Å². The number of benzene rings is 2. The van der Waals surface area contributed by atoms with E-state index >= 15 is 0 Å². The van der Waals surface area contributed by atoms with Crippen LogP contribution in [-0.4, -0.2) is 30.2 Å². The van der Waals surface area contributed by atoms with Crippen molar-refractivity contribution in [3.63, 3.8) is 0 Å². The lowest BCUT2D eigenvalue weighted by molar-refractivity contribution is -0.386. The quantitative estimate of drug-likeness (QED) is 0.0392. The SMILES string of the molecule is CCCCCCCCCCC1COC(c2ccc(OC(=O)c3cc([N+](=O)[O-])c(O[C@H](C)CCCCCC)cc3N)cc2)OC1. The second-order valence-corrected chi connectivity index (χ2v) is 12.0. The van der Waals surface area contributed by atoms with Gasteiger partial charge in [-0.15, -0.1) is 0 Å². The highest BCUT2D eigenvalue weighted by Crippen LogP contribution is 2.34. The van der Waals surface area contributed by atoms with E-state index in [9.17, 15) is 14.9 Å². The van der Waals surface area contributed by atoms with Crippen LogP contribution in [-0.2, 0) is 9.47 Å². The van der Waals surface area contributed by atoms with Crippen LogP contribution in [0.3, 0.4) is 0 Å². The molecule has 0 spiro atoms. The molecule has 2 aromatic carbocycles. The van der Waals surface area contributed by atoms with Crippen LogP contribution in [0.5, 0.6) is 11.5 Å². The van der Waals surface area contributed by atoms with Crippen molar-refractivity contribution in [2.24, 2.45) is 5.92 Å². The summed E-state index contributed by atoms with van der Waals surface area (Å²) in [6, 6.07) is 9.33. The number of hydrogen-bond acceptors (Lipinski definition) is 8. The molecular formula is C35H52N2O7. The molecule has 0 unspecified atom stereocenters. The third-order valence-corrected chi connectivity index (χ3v) is 8.14. The van der Waals surface area contributed by atoms with Gasteiger partial charge in [-0.25, -0.2) is 4.79 Å². The third-order valence-electron chi connectivity index (χ3n) is 8.14. The van der Waals surface area contributed by atoms with Crippen LogP contribution >= 0.6 is 0 Å². The van der Waals surface area contributed by atoms with E-state index in [-0.39, 0.29) is 34.5 Å². The second kappa shape index (κ2) is 19.3. The summed E-state index contributed by atoms with van der Waals surface area (Å²) in [5.41, 5.74) is 6.59. The van der Waals surface area contributed by atoms with Crippen molar-refractivity contribution < 1.29 is 28.7 Å². The number of hydrogen-bond donors (Lipinski definition) is 1. The highest BCUT2D eigenvalue weighted by Gasteiger charge is 2.26. The van der Waals surface area contributed by atoms with Gasteiger partial charge in [0.25, 0.3) is 0 Å². The fourth-order valence-electron chi connectivity index (χ4n) is 5.46. The Kier molecular flexibility index (Phi) is 15.5. The number of nitrogen functional groups attached to an aromatic ring is 1. The molecule has 2 aromatic rings. The van der Waals surface area contributed by atoms with Gasteiger partial charge in [0.1, 0.15) is 5.75 Å². The van der Waals surface area contributed by atoms with Gasteiger partial charge < -0.3 is 24.7 Å². The van der Waals surface area contributed by atoms with Gasteiger partial charge >= 0.3 is 11.7 Å². The molecule has 1 aliphatic rings. The smallest absolute Gasteiger partial charge is 0.345 e. The molecule has 1 heterocycles. The number of nitro groups is 1. The summed E-state index contributed by atoms with van der Waals surface area (Å²) in [5.74, 6) is -0.0486. The molecule has 9 nitrogen and oxygen atoms in total. The summed E-state index contributed by atoms with van der Waals surface area (Å²) in [4.78, 5) is 24.1. The molecule has 1 saturated heterocycles. The monoisotopic (exact) mass is 612 g/mol. The van der Waals surface area contributed by atoms with Crippen molar-refractivity contribution in [2.45, 2.75) is 123 Å². The largest absolute Gasteiger partial charge is 0.484 e. The van der Waals surface area contributed by atoms with Gasteiger partial charge in [0.15, 0.2) is 12.0 Å². The van der Waals surface area contributed by atoms with E-state index in [2.05, 4.69) is 13.8 Å². The Labute approximate surface area is 262 Å². The van der Waals surface area contributed by atoms with Crippen LogP contribution in [0.4, 0.5) is 11.4 Å². The molecule has 1 atom stereocenters. The zero-order chi connectivity index (χ0) is 31.7. The number of carbonyl (C=O) groups excluding carboxylic acids is 1. The first-order chi connectivity index (χ1) is 21.3. The van der Waals surface area contributed by atoms with E-state index in [0.29, 0.717) is 19.1 Å². The average Bonchev–Trinajstić information content (AvgIpc) is 3.01. The number of unbranched alkanes of at least 4 members (excludes halogenated alkanes) is 10. The van der Waals surface area contributed by atoms with Gasteiger partial charge in [0.05, 0.1) is 35.5 Å². The maximum Gasteiger partial charge on any atom is 0.345 e. The predicted molar refractivity (Wildman–Crippen MR) is 173 cm³/mol. The van der Waals surface area contributed by atoms with Crippen molar-refractivity contribution in [3.8, 4) is 11.5 Å². The van der Waals surface area contributed by atoms with Crippen molar-refractivity contribution in [1.82, 2.24) is 0 Å². The van der Waals surface area contributed by atoms with Crippen LogP contribution < -0.4 is 15.2 Å². The molecule has 3 rings (SSSR count). The van der Waals surface area contributed by atoms with E-state index in [1.807, 2.05) is 6.92 Å². The lowest BCUT2D eigenvalue weighted by Gasteiger charge is -2.29. The van der Waals surface area contributed by atoms with E-state index < -0.39 is 17.2 Å². The fraction of sp³-hybridized carbons (Fsp3) is 0.629. The molecule has 0 saturated carbocycles. The molecule has 44 heavy (non-hydrogen) atoms. The van der Waals surface area contributed by atoms with Crippen LogP contribution in [0, 0.1) is 16.0 Å². The van der Waals surface area contributed by atoms with Gasteiger partial charge in [-0.3, -0.25) is 10.1 Å². The van der Waals surface area contributed by atoms with E-state index in [1.165, 1.54) is 57.4 Å². The molecule has 1 aliphatic heterocycles. The summed E-state index contributed by atoms with van der Waals surface area (Å²) in [6.45, 7) is 7.58. The maximum atomic E-state index is 12.9. The normalized spacial score (nSPS) is 17.2. The van der Waals surface area contributed by atoms with Gasteiger partial charge in [0.2, 0.25) is 0 Å². The summed E-state index contributed by atoms with van der Waals surface area (Å²) < 4.78 is 23.3. The summed E-state index contributed by atoms with van der Waals surface area (Å²) in [6.07, 6.45) is 16.0. The third kappa shape index (κ3) is 11.7. The van der Waals surface area contributed by atoms with E-state index in [4.69, 9.17) is 24.7 Å². The highest BCUT2D eigenvalue weighted by atomic mass is 16.7. The minimum atomic E-state index is -0.786. The summed E-state index contributed by atoms with van der Waals surface area (Å²) >= 11 is 0. The number of anilines is 1. The van der Waals surface area contributed by atoms with Gasteiger partial charge in [-0.2, -0.15) is 0 Å². The second-order valence-electron chi connectivity index (χ2n) is 12.0. The first kappa shape index (κ1) is 35.3. The Morgan fingerprint density at radius 1 is 0.932 bits per heavy atom. The summed E-state index contributed by atoms with van der Waals surface area (Å²) in [5, 5.41) is 11.8. The number of rotatable bonds is 20. The Morgan fingerprint density at radius 3 is 2.14 bits per heavy atom. The molecule has 2 N–H and O–H groups in total. The first-order valence-electron chi connectivity index (χ1n) is 16.6. The first-order valence-corrected chi connectivity index (χ1v) is 16.6. The predicted octanol–water partition coefficient (Wildman–Crippen LogP) is 9.33. The van der Waals surface area contributed by atoms with Crippen molar-refractivity contribution in [3.05, 3.63) is 57.6 Å². The van der Waals surface area contributed by atoms with Crippen molar-refractivity contribution in [1.29, 1.82) is 0 Å². The molecule has 1 fully saturated rings. The van der Waals surface area contributed by atoms with Gasteiger partial charge in [-0.05, 0) is 38.3 Å². The molecule has 0 aliphatic carbocycles. The molecule has 9 heteroatoms. The number of nitro benzene ring substituents is 1. The fourth-order valence-corrected chi connectivity index (χ4v) is 5.46. The Morgan fingerprint density at radius 2 is 1.52 bits per heavy atom. The zero-order valence-corrected chi connectivity index (χ0v) is 26.9. The molecule has 0 aromatic heterocycles. The van der Waals surface area contributed by atoms with Crippen LogP contribution in [0.15, 0.2) is 36.4 Å². The number of esters is 1. The molecule has 244 valence electrons. The lowest BCUT2D eigenvalue weighted by atomic mass is 10.0. The Bertz CT molecular complexity index is 1150. The van der Waals surface area contributed by atoms with Crippen LogP contribution in [0.2, 0.25) is 0 Å². The Balaban J connectivity index is 1.48. The topological polar surface area (TPSA) is 123 Å². The zero-order valence-electron chi connectivity index (χ0n) is 26.9. The maximum absolute atomic E-state index is 12.9. The molecule has 0 radical (unpaired) electrons. The molecule has 0 amide bonds. The van der Waals surface area contributed by atoms with E-state index in [0.717, 1.165) is 50.2 Å². The Hall–Kier alpha value is -3.17.